The van der Waals surface area contributed by atoms with Gasteiger partial charge in [-0.25, -0.2) is 4.39 Å². The molecule has 1 aliphatic rings. The Labute approximate surface area is 124 Å². The number of carboxylic acid groups (broad SMARTS) is 1. The fourth-order valence-corrected chi connectivity index (χ4v) is 3.24. The Morgan fingerprint density at radius 1 is 1.57 bits per heavy atom. The third kappa shape index (κ3) is 3.35. The molecule has 2 rings (SSSR count). The lowest BCUT2D eigenvalue weighted by Gasteiger charge is -2.30. The molecule has 0 aliphatic heterocycles. The fourth-order valence-electron chi connectivity index (χ4n) is 3.24. The molecule has 1 aliphatic carbocycles. The van der Waals surface area contributed by atoms with Crippen LogP contribution in [0, 0.1) is 11.7 Å². The first-order valence-corrected chi connectivity index (χ1v) is 7.50. The zero-order chi connectivity index (χ0) is 15.5. The van der Waals surface area contributed by atoms with Crippen LogP contribution >= 0.6 is 0 Å². The Bertz CT molecular complexity index is 509. The molecule has 0 bridgehead atoms. The first-order valence-electron chi connectivity index (χ1n) is 7.50. The molecule has 2 atom stereocenters. The van der Waals surface area contributed by atoms with Gasteiger partial charge in [-0.2, -0.15) is 0 Å². The smallest absolute Gasteiger partial charge is 0.323 e. The van der Waals surface area contributed by atoms with Crippen molar-refractivity contribution in [1.29, 1.82) is 0 Å². The zero-order valence-electron chi connectivity index (χ0n) is 12.4. The van der Waals surface area contributed by atoms with E-state index in [0.29, 0.717) is 19.4 Å². The van der Waals surface area contributed by atoms with Crippen molar-refractivity contribution in [1.82, 2.24) is 0 Å². The van der Waals surface area contributed by atoms with E-state index in [1.165, 1.54) is 12.1 Å². The molecule has 116 valence electrons. The summed E-state index contributed by atoms with van der Waals surface area (Å²) in [6.45, 7) is 3.45. The number of aliphatic carboxylic acids is 1. The Kier molecular flexibility index (Phi) is 4.83. The fraction of sp³-hybridized carbons (Fsp3) is 0.562. The van der Waals surface area contributed by atoms with Gasteiger partial charge in [0.2, 0.25) is 0 Å². The molecule has 0 amide bonds. The first kappa shape index (κ1) is 15.8. The summed E-state index contributed by atoms with van der Waals surface area (Å²) in [6.07, 6.45) is 2.97. The van der Waals surface area contributed by atoms with Crippen molar-refractivity contribution >= 4 is 11.7 Å². The average Bonchev–Trinajstić information content (AvgIpc) is 2.82. The van der Waals surface area contributed by atoms with Crippen LogP contribution in [-0.2, 0) is 4.79 Å². The Hall–Kier alpha value is -1.62. The van der Waals surface area contributed by atoms with Crippen molar-refractivity contribution in [2.24, 2.45) is 11.7 Å². The lowest BCUT2D eigenvalue weighted by atomic mass is 9.85. The highest BCUT2D eigenvalue weighted by Crippen LogP contribution is 2.36. The number of halogens is 1. The van der Waals surface area contributed by atoms with Gasteiger partial charge in [-0.3, -0.25) is 4.79 Å². The number of rotatable bonds is 6. The predicted octanol–water partition coefficient (Wildman–Crippen LogP) is 2.62. The molecule has 21 heavy (non-hydrogen) atoms. The van der Waals surface area contributed by atoms with Gasteiger partial charge in [0.05, 0.1) is 0 Å². The molecule has 1 fully saturated rings. The summed E-state index contributed by atoms with van der Waals surface area (Å²) in [5.41, 5.74) is 5.79. The van der Waals surface area contributed by atoms with Crippen LogP contribution in [0.25, 0.3) is 0 Å². The molecule has 1 saturated carbocycles. The molecule has 4 nitrogen and oxygen atoms in total. The molecule has 0 spiro atoms. The van der Waals surface area contributed by atoms with Gasteiger partial charge in [0, 0.05) is 18.8 Å². The number of hydrogen-bond acceptors (Lipinski definition) is 3. The van der Waals surface area contributed by atoms with Gasteiger partial charge < -0.3 is 15.7 Å². The van der Waals surface area contributed by atoms with Gasteiger partial charge in [0.15, 0.2) is 0 Å². The van der Waals surface area contributed by atoms with Crippen molar-refractivity contribution in [3.63, 3.8) is 0 Å². The molecule has 0 radical (unpaired) electrons. The summed E-state index contributed by atoms with van der Waals surface area (Å²) >= 11 is 0. The first-order chi connectivity index (χ1) is 9.97. The Balaban J connectivity index is 2.02. The SMILES string of the molecule is CCN(CCC1CCCC1(N)C(=O)O)c1cccc(F)c1. The molecule has 0 saturated heterocycles. The normalized spacial score (nSPS) is 25.0. The topological polar surface area (TPSA) is 66.6 Å². The highest BCUT2D eigenvalue weighted by molar-refractivity contribution is 5.79. The van der Waals surface area contributed by atoms with E-state index >= 15 is 0 Å². The van der Waals surface area contributed by atoms with E-state index in [0.717, 1.165) is 25.1 Å². The van der Waals surface area contributed by atoms with Crippen molar-refractivity contribution in [3.05, 3.63) is 30.1 Å². The molecule has 3 N–H and O–H groups in total. The zero-order valence-corrected chi connectivity index (χ0v) is 12.4. The maximum Gasteiger partial charge on any atom is 0.323 e. The molecule has 0 aromatic heterocycles. The van der Waals surface area contributed by atoms with Gasteiger partial charge in [0.1, 0.15) is 11.4 Å². The predicted molar refractivity (Wildman–Crippen MR) is 80.8 cm³/mol. The maximum absolute atomic E-state index is 13.3. The van der Waals surface area contributed by atoms with E-state index in [9.17, 15) is 14.3 Å². The number of nitrogens with two attached hydrogens (primary N) is 1. The van der Waals surface area contributed by atoms with Crippen LogP contribution in [0.4, 0.5) is 10.1 Å². The van der Waals surface area contributed by atoms with Gasteiger partial charge in [-0.1, -0.05) is 12.5 Å². The Morgan fingerprint density at radius 3 is 2.95 bits per heavy atom. The van der Waals surface area contributed by atoms with Crippen molar-refractivity contribution in [3.8, 4) is 0 Å². The van der Waals surface area contributed by atoms with Crippen molar-refractivity contribution in [2.45, 2.75) is 38.1 Å². The van der Waals surface area contributed by atoms with E-state index in [1.807, 2.05) is 13.0 Å². The van der Waals surface area contributed by atoms with E-state index in [2.05, 4.69) is 4.90 Å². The van der Waals surface area contributed by atoms with Gasteiger partial charge in [0.25, 0.3) is 0 Å². The monoisotopic (exact) mass is 294 g/mol. The second-order valence-corrected chi connectivity index (χ2v) is 5.78. The Morgan fingerprint density at radius 2 is 2.33 bits per heavy atom. The second kappa shape index (κ2) is 6.43. The molecular weight excluding hydrogens is 271 g/mol. The minimum Gasteiger partial charge on any atom is -0.480 e. The van der Waals surface area contributed by atoms with Crippen LogP contribution in [0.5, 0.6) is 0 Å². The van der Waals surface area contributed by atoms with Gasteiger partial charge >= 0.3 is 5.97 Å². The van der Waals surface area contributed by atoms with Crippen LogP contribution < -0.4 is 10.6 Å². The molecule has 1 aromatic carbocycles. The van der Waals surface area contributed by atoms with Crippen LogP contribution in [0.2, 0.25) is 0 Å². The standard InChI is InChI=1S/C16H23FN2O2/c1-2-19(14-7-3-6-13(17)11-14)10-8-12-5-4-9-16(12,18)15(20)21/h3,6-7,11-12H,2,4-5,8-10,18H2,1H3,(H,20,21). The minimum atomic E-state index is -1.10. The largest absolute Gasteiger partial charge is 0.480 e. The van der Waals surface area contributed by atoms with E-state index in [-0.39, 0.29) is 11.7 Å². The highest BCUT2D eigenvalue weighted by atomic mass is 19.1. The lowest BCUT2D eigenvalue weighted by Crippen LogP contribution is -2.51. The summed E-state index contributed by atoms with van der Waals surface area (Å²) in [6, 6.07) is 6.48. The van der Waals surface area contributed by atoms with Gasteiger partial charge in [-0.05, 0) is 50.3 Å². The van der Waals surface area contributed by atoms with E-state index in [4.69, 9.17) is 5.73 Å². The maximum atomic E-state index is 13.3. The molecule has 5 heteroatoms. The van der Waals surface area contributed by atoms with Crippen LogP contribution in [-0.4, -0.2) is 29.7 Å². The number of carbonyl (C=O) groups is 1. The van der Waals surface area contributed by atoms with E-state index < -0.39 is 11.5 Å². The molecular formula is C16H23FN2O2. The molecule has 1 aromatic rings. The van der Waals surface area contributed by atoms with E-state index in [1.54, 1.807) is 6.07 Å². The number of nitrogens with zero attached hydrogens (tertiary/aromatic N) is 1. The summed E-state index contributed by atoms with van der Waals surface area (Å²) in [7, 11) is 0. The van der Waals surface area contributed by atoms with Crippen LogP contribution in [0.3, 0.4) is 0 Å². The lowest BCUT2D eigenvalue weighted by molar-refractivity contribution is -0.144. The van der Waals surface area contributed by atoms with Gasteiger partial charge in [-0.15, -0.1) is 0 Å². The average molecular weight is 294 g/mol. The molecule has 0 heterocycles. The number of anilines is 1. The van der Waals surface area contributed by atoms with Crippen molar-refractivity contribution < 1.29 is 14.3 Å². The summed E-state index contributed by atoms with van der Waals surface area (Å²) in [5.74, 6) is -1.18. The molecule has 2 unspecified atom stereocenters. The third-order valence-electron chi connectivity index (χ3n) is 4.57. The third-order valence-corrected chi connectivity index (χ3v) is 4.57. The quantitative estimate of drug-likeness (QED) is 0.846. The van der Waals surface area contributed by atoms with Crippen LogP contribution in [0.15, 0.2) is 24.3 Å². The summed E-state index contributed by atoms with van der Waals surface area (Å²) < 4.78 is 13.3. The minimum absolute atomic E-state index is 0.0161. The number of benzene rings is 1. The van der Waals surface area contributed by atoms with Crippen molar-refractivity contribution in [2.75, 3.05) is 18.0 Å². The number of hydrogen-bond donors (Lipinski definition) is 2. The number of carboxylic acids is 1. The highest BCUT2D eigenvalue weighted by Gasteiger charge is 2.45. The summed E-state index contributed by atoms with van der Waals surface area (Å²) in [5, 5.41) is 9.33. The summed E-state index contributed by atoms with van der Waals surface area (Å²) in [4.78, 5) is 13.4. The van der Waals surface area contributed by atoms with Crippen LogP contribution in [0.1, 0.15) is 32.6 Å². The second-order valence-electron chi connectivity index (χ2n) is 5.78.